The number of nitro groups is 1. The van der Waals surface area contributed by atoms with E-state index in [1.54, 1.807) is 45.0 Å². The second kappa shape index (κ2) is 7.67. The van der Waals surface area contributed by atoms with Crippen LogP contribution in [0.3, 0.4) is 0 Å². The highest BCUT2D eigenvalue weighted by molar-refractivity contribution is 6.04. The van der Waals surface area contributed by atoms with Gasteiger partial charge in [0.15, 0.2) is 5.82 Å². The molecule has 0 saturated heterocycles. The Morgan fingerprint density at radius 2 is 1.97 bits per heavy atom. The minimum absolute atomic E-state index is 0.127. The summed E-state index contributed by atoms with van der Waals surface area (Å²) in [7, 11) is 0. The van der Waals surface area contributed by atoms with Gasteiger partial charge in [0.2, 0.25) is 0 Å². The molecule has 0 spiro atoms. The molecule has 0 atom stereocenters. The molecular formula is C21H20N4O4. The number of rotatable bonds is 4. The van der Waals surface area contributed by atoms with Gasteiger partial charge in [-0.15, -0.1) is 0 Å². The molecule has 0 bridgehead atoms. The molecular weight excluding hydrogens is 372 g/mol. The first-order chi connectivity index (χ1) is 13.7. The molecule has 0 radical (unpaired) electrons. The number of ether oxygens (including phenoxy) is 1. The maximum Gasteiger partial charge on any atom is 0.420 e. The third kappa shape index (κ3) is 4.37. The lowest BCUT2D eigenvalue weighted by Gasteiger charge is -2.27. The lowest BCUT2D eigenvalue weighted by atomic mass is 10.1. The Bertz CT molecular complexity index is 1110. The van der Waals surface area contributed by atoms with E-state index < -0.39 is 16.6 Å². The van der Waals surface area contributed by atoms with E-state index in [4.69, 9.17) is 4.74 Å². The predicted molar refractivity (Wildman–Crippen MR) is 111 cm³/mol. The van der Waals surface area contributed by atoms with Crippen molar-refractivity contribution in [3.8, 4) is 0 Å². The Hall–Kier alpha value is -3.81. The molecule has 8 nitrogen and oxygen atoms in total. The molecule has 29 heavy (non-hydrogen) atoms. The fraction of sp³-hybridized carbons (Fsp3) is 0.190. The van der Waals surface area contributed by atoms with E-state index in [1.165, 1.54) is 29.4 Å². The Morgan fingerprint density at radius 1 is 1.21 bits per heavy atom. The van der Waals surface area contributed by atoms with Gasteiger partial charge in [0, 0.05) is 12.1 Å². The van der Waals surface area contributed by atoms with E-state index in [9.17, 15) is 14.9 Å². The van der Waals surface area contributed by atoms with Gasteiger partial charge in [-0.05, 0) is 44.5 Å². The number of fused-ring (bicyclic) bond motifs is 1. The quantitative estimate of drug-likeness (QED) is 0.444. The topological polar surface area (TPSA) is 98.5 Å². The van der Waals surface area contributed by atoms with Crippen LogP contribution >= 0.6 is 0 Å². The Labute approximate surface area is 167 Å². The van der Waals surface area contributed by atoms with Crippen LogP contribution in [-0.2, 0) is 4.74 Å². The van der Waals surface area contributed by atoms with Crippen LogP contribution in [0.25, 0.3) is 17.0 Å². The molecule has 0 unspecified atom stereocenters. The first-order valence-electron chi connectivity index (χ1n) is 8.84. The van der Waals surface area contributed by atoms with Crippen LogP contribution in [0, 0.1) is 10.1 Å². The summed E-state index contributed by atoms with van der Waals surface area (Å²) in [6, 6.07) is 11.3. The van der Waals surface area contributed by atoms with Gasteiger partial charge in [-0.25, -0.2) is 19.7 Å². The summed E-state index contributed by atoms with van der Waals surface area (Å²) in [5.41, 5.74) is 0.871. The fourth-order valence-electron chi connectivity index (χ4n) is 2.74. The Morgan fingerprint density at radius 3 is 2.62 bits per heavy atom. The molecule has 1 amide bonds. The first-order valence-corrected chi connectivity index (χ1v) is 8.84. The van der Waals surface area contributed by atoms with Crippen molar-refractivity contribution in [3.05, 3.63) is 71.0 Å². The Kier molecular flexibility index (Phi) is 5.27. The summed E-state index contributed by atoms with van der Waals surface area (Å²) >= 11 is 0. The molecule has 0 fully saturated rings. The van der Waals surface area contributed by atoms with Crippen molar-refractivity contribution < 1.29 is 14.5 Å². The molecule has 148 valence electrons. The second-order valence-electron chi connectivity index (χ2n) is 7.27. The van der Waals surface area contributed by atoms with Crippen molar-refractivity contribution in [2.75, 3.05) is 4.90 Å². The maximum absolute atomic E-state index is 13.1. The maximum atomic E-state index is 13.1. The van der Waals surface area contributed by atoms with Gasteiger partial charge in [-0.3, -0.25) is 10.1 Å². The van der Waals surface area contributed by atoms with Crippen molar-refractivity contribution in [2.45, 2.75) is 26.4 Å². The van der Waals surface area contributed by atoms with Crippen LogP contribution in [-0.4, -0.2) is 26.6 Å². The molecule has 0 aliphatic rings. The molecule has 3 rings (SSSR count). The fourth-order valence-corrected chi connectivity index (χ4v) is 2.74. The summed E-state index contributed by atoms with van der Waals surface area (Å²) in [4.78, 5) is 33.5. The van der Waals surface area contributed by atoms with Gasteiger partial charge in [0.25, 0.3) is 5.69 Å². The van der Waals surface area contributed by atoms with Crippen molar-refractivity contribution in [3.63, 3.8) is 0 Å². The molecule has 0 aliphatic heterocycles. The highest BCUT2D eigenvalue weighted by atomic mass is 16.6. The molecule has 1 aromatic heterocycles. The second-order valence-corrected chi connectivity index (χ2v) is 7.27. The zero-order valence-electron chi connectivity index (χ0n) is 16.3. The summed E-state index contributed by atoms with van der Waals surface area (Å²) in [6.07, 6.45) is 2.29. The monoisotopic (exact) mass is 392 g/mol. The largest absolute Gasteiger partial charge is 0.443 e. The summed E-state index contributed by atoms with van der Waals surface area (Å²) in [5.74, 6) is 0.189. The number of hydrogen-bond donors (Lipinski definition) is 0. The van der Waals surface area contributed by atoms with Gasteiger partial charge in [-0.2, -0.15) is 0 Å². The number of nitro benzene ring substituents is 1. The number of amides is 1. The predicted octanol–water partition coefficient (Wildman–Crippen LogP) is 5.25. The van der Waals surface area contributed by atoms with Gasteiger partial charge in [0.1, 0.15) is 11.9 Å². The average Bonchev–Trinajstić information content (AvgIpc) is 2.66. The van der Waals surface area contributed by atoms with Gasteiger partial charge in [-0.1, -0.05) is 24.8 Å². The number of hydrogen-bond acceptors (Lipinski definition) is 6. The summed E-state index contributed by atoms with van der Waals surface area (Å²) in [6.45, 7) is 9.02. The van der Waals surface area contributed by atoms with E-state index in [0.29, 0.717) is 16.6 Å². The molecule has 2 aromatic carbocycles. The molecule has 3 aromatic rings. The number of anilines is 2. The van der Waals surface area contributed by atoms with Crippen LogP contribution in [0.1, 0.15) is 26.3 Å². The first kappa shape index (κ1) is 19.9. The summed E-state index contributed by atoms with van der Waals surface area (Å²) in [5, 5.41) is 11.6. The SMILES string of the molecule is C=Cc1cccc(N(C(=O)OC(C)(C)C)c2ncnc3ccc([N+](=O)[O-])cc23)c1. The number of nitrogens with zero attached hydrogens (tertiary/aromatic N) is 4. The van der Waals surface area contributed by atoms with Crippen molar-refractivity contribution >= 4 is 40.3 Å². The van der Waals surface area contributed by atoms with Gasteiger partial charge < -0.3 is 4.74 Å². The Balaban J connectivity index is 2.25. The standard InChI is InChI=1S/C21H20N4O4/c1-5-14-7-6-8-15(11-14)24(20(26)29-21(2,3)4)19-17-12-16(25(27)28)9-10-18(17)22-13-23-19/h5-13H,1H2,2-4H3. The van der Waals surface area contributed by atoms with Gasteiger partial charge >= 0.3 is 6.09 Å². The lowest BCUT2D eigenvalue weighted by molar-refractivity contribution is -0.384. The van der Waals surface area contributed by atoms with E-state index >= 15 is 0 Å². The van der Waals surface area contributed by atoms with E-state index in [1.807, 2.05) is 6.07 Å². The number of aromatic nitrogens is 2. The number of carbonyl (C=O) groups excluding carboxylic acids is 1. The number of non-ortho nitro benzene ring substituents is 1. The third-order valence-electron chi connectivity index (χ3n) is 3.96. The van der Waals surface area contributed by atoms with E-state index in [0.717, 1.165) is 5.56 Å². The number of carbonyl (C=O) groups is 1. The molecule has 8 heteroatoms. The zero-order valence-corrected chi connectivity index (χ0v) is 16.3. The van der Waals surface area contributed by atoms with Crippen molar-refractivity contribution in [1.29, 1.82) is 0 Å². The molecule has 1 heterocycles. The van der Waals surface area contributed by atoms with Crippen LogP contribution in [0.15, 0.2) is 55.4 Å². The van der Waals surface area contributed by atoms with Crippen molar-refractivity contribution in [2.24, 2.45) is 0 Å². The average molecular weight is 392 g/mol. The highest BCUT2D eigenvalue weighted by Gasteiger charge is 2.28. The van der Waals surface area contributed by atoms with Crippen molar-refractivity contribution in [1.82, 2.24) is 9.97 Å². The molecule has 0 saturated carbocycles. The lowest BCUT2D eigenvalue weighted by Crippen LogP contribution is -2.34. The van der Waals surface area contributed by atoms with E-state index in [2.05, 4.69) is 16.5 Å². The summed E-state index contributed by atoms with van der Waals surface area (Å²) < 4.78 is 5.58. The smallest absolute Gasteiger partial charge is 0.420 e. The minimum atomic E-state index is -0.750. The molecule has 0 aliphatic carbocycles. The van der Waals surface area contributed by atoms with E-state index in [-0.39, 0.29) is 11.5 Å². The van der Waals surface area contributed by atoms with Crippen LogP contribution < -0.4 is 4.90 Å². The van der Waals surface area contributed by atoms with Gasteiger partial charge in [0.05, 0.1) is 21.5 Å². The van der Waals surface area contributed by atoms with Crippen LogP contribution in [0.4, 0.5) is 22.0 Å². The van der Waals surface area contributed by atoms with Crippen LogP contribution in [0.2, 0.25) is 0 Å². The third-order valence-corrected chi connectivity index (χ3v) is 3.96. The van der Waals surface area contributed by atoms with Crippen LogP contribution in [0.5, 0.6) is 0 Å². The molecule has 0 N–H and O–H groups in total. The minimum Gasteiger partial charge on any atom is -0.443 e. The normalized spacial score (nSPS) is 11.1. The zero-order chi connectivity index (χ0) is 21.2. The highest BCUT2D eigenvalue weighted by Crippen LogP contribution is 2.33. The number of benzene rings is 2.